The van der Waals surface area contributed by atoms with Crippen LogP contribution in [0.4, 0.5) is 18.9 Å². The molecule has 84 valence electrons. The van der Waals surface area contributed by atoms with Crippen LogP contribution in [0.5, 0.6) is 0 Å². The summed E-state index contributed by atoms with van der Waals surface area (Å²) in [6, 6.07) is 7.01. The number of benzene rings is 1. The first-order chi connectivity index (χ1) is 6.99. The third-order valence-electron chi connectivity index (χ3n) is 1.53. The SMILES string of the molecule is Nc1ccccc1SCCOC(F)(F)F. The molecule has 0 unspecified atom stereocenters. The number of alkyl halides is 3. The van der Waals surface area contributed by atoms with Crippen LogP contribution in [0.2, 0.25) is 0 Å². The van der Waals surface area contributed by atoms with Crippen LogP contribution in [0.3, 0.4) is 0 Å². The first kappa shape index (κ1) is 12.2. The second-order valence-electron chi connectivity index (χ2n) is 2.68. The molecule has 1 aromatic carbocycles. The van der Waals surface area contributed by atoms with Gasteiger partial charge in [0, 0.05) is 16.3 Å². The van der Waals surface area contributed by atoms with Crippen LogP contribution in [-0.2, 0) is 4.74 Å². The van der Waals surface area contributed by atoms with Crippen molar-refractivity contribution in [2.24, 2.45) is 0 Å². The summed E-state index contributed by atoms with van der Waals surface area (Å²) in [5.41, 5.74) is 6.17. The van der Waals surface area contributed by atoms with Crippen LogP contribution in [0.1, 0.15) is 0 Å². The van der Waals surface area contributed by atoms with Gasteiger partial charge in [0.25, 0.3) is 0 Å². The summed E-state index contributed by atoms with van der Waals surface area (Å²) in [6.07, 6.45) is -4.55. The molecule has 0 amide bonds. The molecule has 0 aliphatic carbocycles. The average Bonchev–Trinajstić information content (AvgIpc) is 2.13. The lowest BCUT2D eigenvalue weighted by Gasteiger charge is -2.07. The van der Waals surface area contributed by atoms with Gasteiger partial charge in [0.2, 0.25) is 0 Å². The zero-order valence-electron chi connectivity index (χ0n) is 7.75. The molecule has 0 atom stereocenters. The first-order valence-corrected chi connectivity index (χ1v) is 5.15. The number of halogens is 3. The topological polar surface area (TPSA) is 35.2 Å². The largest absolute Gasteiger partial charge is 0.522 e. The highest BCUT2D eigenvalue weighted by atomic mass is 32.2. The summed E-state index contributed by atoms with van der Waals surface area (Å²) in [5.74, 6) is 0.216. The number of nitrogen functional groups attached to an aromatic ring is 1. The van der Waals surface area contributed by atoms with Crippen molar-refractivity contribution in [3.63, 3.8) is 0 Å². The molecule has 1 rings (SSSR count). The van der Waals surface area contributed by atoms with Crippen LogP contribution >= 0.6 is 11.8 Å². The Labute approximate surface area is 89.6 Å². The van der Waals surface area contributed by atoms with E-state index in [0.717, 1.165) is 4.90 Å². The molecule has 2 nitrogen and oxygen atoms in total. The summed E-state index contributed by atoms with van der Waals surface area (Å²) in [5, 5.41) is 0. The Hall–Kier alpha value is -0.880. The number of hydrogen-bond donors (Lipinski definition) is 1. The molecule has 0 saturated carbocycles. The predicted octanol–water partition coefficient (Wildman–Crippen LogP) is 2.90. The fraction of sp³-hybridized carbons (Fsp3) is 0.333. The minimum Gasteiger partial charge on any atom is -0.398 e. The van der Waals surface area contributed by atoms with Crippen LogP contribution in [0.25, 0.3) is 0 Å². The quantitative estimate of drug-likeness (QED) is 0.497. The molecule has 0 aromatic heterocycles. The standard InChI is InChI=1S/C9H10F3NOS/c10-9(11,12)14-5-6-15-8-4-2-1-3-7(8)13/h1-4H,5-6,13H2. The first-order valence-electron chi connectivity index (χ1n) is 4.17. The van der Waals surface area contributed by atoms with Crippen LogP contribution in [-0.4, -0.2) is 18.7 Å². The van der Waals surface area contributed by atoms with Gasteiger partial charge in [0.15, 0.2) is 0 Å². The van der Waals surface area contributed by atoms with Crippen LogP contribution < -0.4 is 5.73 Å². The predicted molar refractivity (Wildman–Crippen MR) is 53.6 cm³/mol. The van der Waals surface area contributed by atoms with Crippen molar-refractivity contribution in [2.75, 3.05) is 18.1 Å². The molecule has 0 spiro atoms. The molecule has 0 aliphatic rings. The highest BCUT2D eigenvalue weighted by Crippen LogP contribution is 2.25. The number of rotatable bonds is 4. The number of ether oxygens (including phenoxy) is 1. The van der Waals surface area contributed by atoms with Crippen molar-refractivity contribution in [3.8, 4) is 0 Å². The van der Waals surface area contributed by atoms with E-state index in [1.165, 1.54) is 11.8 Å². The molecule has 0 heterocycles. The third-order valence-corrected chi connectivity index (χ3v) is 2.58. The Balaban J connectivity index is 2.30. The molecular formula is C9H10F3NOS. The summed E-state index contributed by atoms with van der Waals surface area (Å²) >= 11 is 1.24. The van der Waals surface area contributed by atoms with Gasteiger partial charge in [-0.25, -0.2) is 0 Å². The highest BCUT2D eigenvalue weighted by molar-refractivity contribution is 7.99. The Bertz CT molecular complexity index is 316. The van der Waals surface area contributed by atoms with E-state index >= 15 is 0 Å². The third kappa shape index (κ3) is 4.94. The lowest BCUT2D eigenvalue weighted by Crippen LogP contribution is -2.15. The maximum atomic E-state index is 11.6. The van der Waals surface area contributed by atoms with Gasteiger partial charge >= 0.3 is 6.36 Å². The summed E-state index contributed by atoms with van der Waals surface area (Å²) in [6.45, 7) is -0.373. The molecule has 2 N–H and O–H groups in total. The molecule has 0 aliphatic heterocycles. The second kappa shape index (κ2) is 5.27. The molecule has 1 aromatic rings. The fourth-order valence-electron chi connectivity index (χ4n) is 0.921. The zero-order valence-corrected chi connectivity index (χ0v) is 8.57. The van der Waals surface area contributed by atoms with Gasteiger partial charge in [-0.05, 0) is 12.1 Å². The number of nitrogens with two attached hydrogens (primary N) is 1. The Morgan fingerprint density at radius 3 is 2.53 bits per heavy atom. The number of anilines is 1. The van der Waals surface area contributed by atoms with Gasteiger partial charge in [-0.2, -0.15) is 0 Å². The van der Waals surface area contributed by atoms with Gasteiger partial charge in [-0.3, -0.25) is 4.74 Å². The lowest BCUT2D eigenvalue weighted by atomic mass is 10.3. The molecule has 0 fully saturated rings. The van der Waals surface area contributed by atoms with Crippen molar-refractivity contribution in [1.82, 2.24) is 0 Å². The van der Waals surface area contributed by atoms with E-state index < -0.39 is 6.36 Å². The monoisotopic (exact) mass is 237 g/mol. The lowest BCUT2D eigenvalue weighted by molar-refractivity contribution is -0.322. The second-order valence-corrected chi connectivity index (χ2v) is 3.82. The number of hydrogen-bond acceptors (Lipinski definition) is 3. The van der Waals surface area contributed by atoms with Crippen molar-refractivity contribution < 1.29 is 17.9 Å². The van der Waals surface area contributed by atoms with Crippen LogP contribution in [0, 0.1) is 0 Å². The van der Waals surface area contributed by atoms with Crippen molar-refractivity contribution >= 4 is 17.4 Å². The normalized spacial score (nSPS) is 11.7. The van der Waals surface area contributed by atoms with Gasteiger partial charge in [0.1, 0.15) is 0 Å². The van der Waals surface area contributed by atoms with Crippen LogP contribution in [0.15, 0.2) is 29.2 Å². The Kier molecular flexibility index (Phi) is 4.28. The van der Waals surface area contributed by atoms with E-state index in [4.69, 9.17) is 5.73 Å². The van der Waals surface area contributed by atoms with E-state index in [1.54, 1.807) is 24.3 Å². The highest BCUT2D eigenvalue weighted by Gasteiger charge is 2.28. The maximum Gasteiger partial charge on any atom is 0.522 e. The number of thioether (sulfide) groups is 1. The molecule has 0 bridgehead atoms. The molecule has 0 saturated heterocycles. The molecule has 15 heavy (non-hydrogen) atoms. The summed E-state index contributed by atoms with van der Waals surface area (Å²) in [7, 11) is 0. The zero-order chi connectivity index (χ0) is 11.3. The Morgan fingerprint density at radius 2 is 1.93 bits per heavy atom. The van der Waals surface area contributed by atoms with E-state index in [-0.39, 0.29) is 12.4 Å². The molecule has 6 heteroatoms. The number of para-hydroxylation sites is 1. The minimum absolute atomic E-state index is 0.216. The van der Waals surface area contributed by atoms with Crippen molar-refractivity contribution in [1.29, 1.82) is 0 Å². The minimum atomic E-state index is -4.55. The van der Waals surface area contributed by atoms with E-state index in [2.05, 4.69) is 4.74 Å². The van der Waals surface area contributed by atoms with Gasteiger partial charge in [0.05, 0.1) is 6.61 Å². The molecular weight excluding hydrogens is 227 g/mol. The summed E-state index contributed by atoms with van der Waals surface area (Å²) < 4.78 is 38.4. The molecule has 0 radical (unpaired) electrons. The van der Waals surface area contributed by atoms with Gasteiger partial charge < -0.3 is 5.73 Å². The van der Waals surface area contributed by atoms with E-state index in [1.807, 2.05) is 0 Å². The van der Waals surface area contributed by atoms with Gasteiger partial charge in [-0.15, -0.1) is 24.9 Å². The Morgan fingerprint density at radius 1 is 1.27 bits per heavy atom. The average molecular weight is 237 g/mol. The van der Waals surface area contributed by atoms with Crippen molar-refractivity contribution in [3.05, 3.63) is 24.3 Å². The van der Waals surface area contributed by atoms with E-state index in [9.17, 15) is 13.2 Å². The smallest absolute Gasteiger partial charge is 0.398 e. The fourth-order valence-corrected chi connectivity index (χ4v) is 1.72. The van der Waals surface area contributed by atoms with Crippen molar-refractivity contribution in [2.45, 2.75) is 11.3 Å². The van der Waals surface area contributed by atoms with E-state index in [0.29, 0.717) is 5.69 Å². The van der Waals surface area contributed by atoms with Gasteiger partial charge in [-0.1, -0.05) is 12.1 Å². The summed E-state index contributed by atoms with van der Waals surface area (Å²) in [4.78, 5) is 0.767. The maximum absolute atomic E-state index is 11.6.